The highest BCUT2D eigenvalue weighted by Gasteiger charge is 2.19. The molecule has 0 saturated carbocycles. The summed E-state index contributed by atoms with van der Waals surface area (Å²) in [6.45, 7) is 1.74. The van der Waals surface area contributed by atoms with Gasteiger partial charge in [-0.1, -0.05) is 24.6 Å². The van der Waals surface area contributed by atoms with Crippen molar-refractivity contribution in [2.24, 2.45) is 0 Å². The first-order chi connectivity index (χ1) is 10.2. The van der Waals surface area contributed by atoms with Crippen molar-refractivity contribution in [3.8, 4) is 0 Å². The van der Waals surface area contributed by atoms with Gasteiger partial charge >= 0.3 is 0 Å². The van der Waals surface area contributed by atoms with E-state index in [9.17, 15) is 9.59 Å². The number of aryl methyl sites for hydroxylation is 1. The molecule has 1 fully saturated rings. The van der Waals surface area contributed by atoms with Crippen molar-refractivity contribution in [3.63, 3.8) is 0 Å². The van der Waals surface area contributed by atoms with Crippen molar-refractivity contribution >= 4 is 17.7 Å². The number of carbonyl (C=O) groups excluding carboxylic acids is 1. The van der Waals surface area contributed by atoms with Crippen LogP contribution < -0.4 is 5.56 Å². The number of nitrogens with one attached hydrogen (secondary N) is 1. The molecule has 1 aromatic rings. The Kier molecular flexibility index (Phi) is 4.63. The van der Waals surface area contributed by atoms with E-state index in [4.69, 9.17) is 0 Å². The lowest BCUT2D eigenvalue weighted by molar-refractivity contribution is -0.128. The zero-order valence-corrected chi connectivity index (χ0v) is 13.0. The summed E-state index contributed by atoms with van der Waals surface area (Å²) in [5.41, 5.74) is 1.73. The number of aromatic amines is 1. The molecule has 0 spiro atoms. The second-order valence-electron chi connectivity index (χ2n) is 5.73. The molecule has 0 atom stereocenters. The molecule has 1 aromatic heterocycles. The number of hydrogen-bond acceptors (Lipinski definition) is 4. The van der Waals surface area contributed by atoms with Crippen LogP contribution in [0.25, 0.3) is 0 Å². The summed E-state index contributed by atoms with van der Waals surface area (Å²) >= 11 is 1.35. The molecule has 0 bridgehead atoms. The Morgan fingerprint density at radius 3 is 2.67 bits per heavy atom. The maximum atomic E-state index is 12.2. The minimum Gasteiger partial charge on any atom is -0.342 e. The molecule has 5 nitrogen and oxygen atoms in total. The molecule has 2 heterocycles. The number of fused-ring (bicyclic) bond motifs is 1. The van der Waals surface area contributed by atoms with Crippen molar-refractivity contribution in [2.45, 2.75) is 50.1 Å². The number of amides is 1. The van der Waals surface area contributed by atoms with E-state index in [1.807, 2.05) is 4.90 Å². The maximum absolute atomic E-state index is 12.2. The molecule has 1 aliphatic heterocycles. The number of H-pyrrole nitrogens is 1. The van der Waals surface area contributed by atoms with Crippen LogP contribution in [0.2, 0.25) is 0 Å². The fourth-order valence-corrected chi connectivity index (χ4v) is 3.81. The largest absolute Gasteiger partial charge is 0.342 e. The number of likely N-dealkylation sites (tertiary alicyclic amines) is 1. The molecule has 2 aliphatic rings. The van der Waals surface area contributed by atoms with E-state index < -0.39 is 0 Å². The molecule has 0 radical (unpaired) electrons. The van der Waals surface area contributed by atoms with Crippen molar-refractivity contribution < 1.29 is 4.79 Å². The minimum absolute atomic E-state index is 0.0257. The van der Waals surface area contributed by atoms with Gasteiger partial charge in [0.25, 0.3) is 5.56 Å². The predicted molar refractivity (Wildman–Crippen MR) is 82.7 cm³/mol. The summed E-state index contributed by atoms with van der Waals surface area (Å²) < 4.78 is 0. The fraction of sp³-hybridized carbons (Fsp3) is 0.667. The van der Waals surface area contributed by atoms with E-state index in [1.54, 1.807) is 0 Å². The molecule has 114 valence electrons. The van der Waals surface area contributed by atoms with Gasteiger partial charge in [0.1, 0.15) is 0 Å². The molecular weight excluding hydrogens is 286 g/mol. The topological polar surface area (TPSA) is 66.1 Å². The quantitative estimate of drug-likeness (QED) is 0.682. The summed E-state index contributed by atoms with van der Waals surface area (Å²) in [4.78, 5) is 33.4. The van der Waals surface area contributed by atoms with E-state index >= 15 is 0 Å². The van der Waals surface area contributed by atoms with Crippen molar-refractivity contribution in [2.75, 3.05) is 18.8 Å². The van der Waals surface area contributed by atoms with Gasteiger partial charge < -0.3 is 9.88 Å². The molecule has 0 aromatic carbocycles. The van der Waals surface area contributed by atoms with E-state index in [0.717, 1.165) is 56.5 Å². The first kappa shape index (κ1) is 14.6. The second-order valence-corrected chi connectivity index (χ2v) is 6.70. The molecule has 1 amide bonds. The van der Waals surface area contributed by atoms with Gasteiger partial charge in [-0.25, -0.2) is 4.98 Å². The van der Waals surface area contributed by atoms with Crippen LogP contribution >= 0.6 is 11.8 Å². The first-order valence-electron chi connectivity index (χ1n) is 7.76. The Hall–Kier alpha value is -1.30. The van der Waals surface area contributed by atoms with E-state index in [-0.39, 0.29) is 11.5 Å². The lowest BCUT2D eigenvalue weighted by Crippen LogP contribution is -2.33. The third-order valence-corrected chi connectivity index (χ3v) is 5.07. The average Bonchev–Trinajstić information content (AvgIpc) is 2.79. The van der Waals surface area contributed by atoms with E-state index in [0.29, 0.717) is 10.9 Å². The highest BCUT2D eigenvalue weighted by molar-refractivity contribution is 7.99. The number of hydrogen-bond donors (Lipinski definition) is 1. The molecule has 1 N–H and O–H groups in total. The van der Waals surface area contributed by atoms with E-state index in [1.165, 1.54) is 24.6 Å². The van der Waals surface area contributed by atoms with Gasteiger partial charge in [0.05, 0.1) is 11.4 Å². The molecule has 3 rings (SSSR count). The van der Waals surface area contributed by atoms with Crippen molar-refractivity contribution in [1.82, 2.24) is 14.9 Å². The minimum atomic E-state index is -0.0257. The van der Waals surface area contributed by atoms with Crippen molar-refractivity contribution in [1.29, 1.82) is 0 Å². The Bertz CT molecular complexity index is 577. The number of rotatable bonds is 3. The average molecular weight is 307 g/mol. The standard InChI is InChI=1S/C15H21N3O2S/c19-13(18-8-3-1-2-4-9-18)10-21-15-16-12-7-5-6-11(12)14(20)17-15/h1-10H2,(H,16,17,20). The van der Waals surface area contributed by atoms with Crippen LogP contribution in [0.5, 0.6) is 0 Å². The normalized spacial score (nSPS) is 18.4. The van der Waals surface area contributed by atoms with Crippen LogP contribution in [-0.2, 0) is 17.6 Å². The lowest BCUT2D eigenvalue weighted by atomic mass is 10.2. The van der Waals surface area contributed by atoms with Gasteiger partial charge in [-0.15, -0.1) is 0 Å². The third-order valence-electron chi connectivity index (χ3n) is 4.21. The predicted octanol–water partition coefficient (Wildman–Crippen LogP) is 1.75. The van der Waals surface area contributed by atoms with Crippen LogP contribution in [0.15, 0.2) is 9.95 Å². The molecule has 1 saturated heterocycles. The number of nitrogens with zero attached hydrogens (tertiary/aromatic N) is 2. The van der Waals surface area contributed by atoms with Gasteiger partial charge in [0.15, 0.2) is 5.16 Å². The molecule has 0 unspecified atom stereocenters. The Morgan fingerprint density at radius 1 is 1.14 bits per heavy atom. The highest BCUT2D eigenvalue weighted by Crippen LogP contribution is 2.20. The summed E-state index contributed by atoms with van der Waals surface area (Å²) in [5.74, 6) is 0.520. The van der Waals surface area contributed by atoms with Crippen LogP contribution in [0.1, 0.15) is 43.4 Å². The second kappa shape index (κ2) is 6.64. The smallest absolute Gasteiger partial charge is 0.254 e. The third kappa shape index (κ3) is 3.48. The highest BCUT2D eigenvalue weighted by atomic mass is 32.2. The lowest BCUT2D eigenvalue weighted by Gasteiger charge is -2.19. The SMILES string of the molecule is O=C(CSc1nc2c(c(=O)[nH]1)CCC2)N1CCCCCC1. The maximum Gasteiger partial charge on any atom is 0.254 e. The van der Waals surface area contributed by atoms with Crippen LogP contribution in [-0.4, -0.2) is 39.6 Å². The first-order valence-corrected chi connectivity index (χ1v) is 8.75. The van der Waals surface area contributed by atoms with Crippen molar-refractivity contribution in [3.05, 3.63) is 21.6 Å². The Balaban J connectivity index is 1.61. The van der Waals surface area contributed by atoms with Gasteiger partial charge in [0.2, 0.25) is 5.91 Å². The van der Waals surface area contributed by atoms with Crippen LogP contribution in [0, 0.1) is 0 Å². The Morgan fingerprint density at radius 2 is 1.90 bits per heavy atom. The monoisotopic (exact) mass is 307 g/mol. The molecule has 21 heavy (non-hydrogen) atoms. The number of carbonyl (C=O) groups is 1. The zero-order valence-electron chi connectivity index (χ0n) is 12.2. The summed E-state index contributed by atoms with van der Waals surface area (Å²) in [6, 6.07) is 0. The van der Waals surface area contributed by atoms with Gasteiger partial charge in [0, 0.05) is 18.7 Å². The van der Waals surface area contributed by atoms with Crippen LogP contribution in [0.4, 0.5) is 0 Å². The van der Waals surface area contributed by atoms with Gasteiger partial charge in [-0.05, 0) is 32.1 Å². The molecular formula is C15H21N3O2S. The van der Waals surface area contributed by atoms with Crippen LogP contribution in [0.3, 0.4) is 0 Å². The fourth-order valence-electron chi connectivity index (χ4n) is 3.03. The number of aromatic nitrogens is 2. The Labute approximate surface area is 128 Å². The zero-order chi connectivity index (χ0) is 14.7. The van der Waals surface area contributed by atoms with Gasteiger partial charge in [-0.3, -0.25) is 9.59 Å². The van der Waals surface area contributed by atoms with E-state index in [2.05, 4.69) is 9.97 Å². The number of thioether (sulfide) groups is 1. The summed E-state index contributed by atoms with van der Waals surface area (Å²) in [5, 5.41) is 0.587. The molecule has 1 aliphatic carbocycles. The molecule has 6 heteroatoms. The summed E-state index contributed by atoms with van der Waals surface area (Å²) in [6.07, 6.45) is 7.36. The van der Waals surface area contributed by atoms with Gasteiger partial charge in [-0.2, -0.15) is 0 Å². The summed E-state index contributed by atoms with van der Waals surface area (Å²) in [7, 11) is 0.